The molecular formula is C33H34FN7O2. The van der Waals surface area contributed by atoms with E-state index in [9.17, 15) is 14.0 Å². The summed E-state index contributed by atoms with van der Waals surface area (Å²) in [6.45, 7) is 7.77. The molecule has 0 saturated carbocycles. The van der Waals surface area contributed by atoms with E-state index in [1.165, 1.54) is 12.1 Å². The van der Waals surface area contributed by atoms with E-state index in [1.807, 2.05) is 49.7 Å². The van der Waals surface area contributed by atoms with Crippen LogP contribution in [0.25, 0.3) is 27.8 Å². The maximum absolute atomic E-state index is 13.9. The van der Waals surface area contributed by atoms with Gasteiger partial charge in [-0.25, -0.2) is 14.4 Å². The lowest BCUT2D eigenvalue weighted by Crippen LogP contribution is -2.30. The lowest BCUT2D eigenvalue weighted by molar-refractivity contribution is -0.119. The number of hydrogen-bond acceptors (Lipinski definition) is 6. The fourth-order valence-electron chi connectivity index (χ4n) is 5.54. The average molecular weight is 580 g/mol. The summed E-state index contributed by atoms with van der Waals surface area (Å²) in [4.78, 5) is 42.3. The largest absolute Gasteiger partial charge is 0.357 e. The van der Waals surface area contributed by atoms with Crippen molar-refractivity contribution in [3.63, 3.8) is 0 Å². The number of aromatic nitrogens is 5. The standard InChI is InChI=1S/C33H34FN7O2/c1-4-21(2)32(42)38-31-33(43)41(29(18-37-31)24-9-10-36-30(14-24)39-11-5-6-12-39)20-23-13-26(17-35-16-23)40-19-22(3)27-15-25(34)7-8-28(27)40/h7-10,13-19,21H,4-6,11-12,20H2,1-3H3,(H,37,38,42)/t21-/m1/s1. The Balaban J connectivity index is 1.42. The summed E-state index contributed by atoms with van der Waals surface area (Å²) in [7, 11) is 0. The van der Waals surface area contributed by atoms with Crippen molar-refractivity contribution in [3.8, 4) is 16.9 Å². The smallest absolute Gasteiger partial charge is 0.294 e. The zero-order chi connectivity index (χ0) is 30.1. The Morgan fingerprint density at radius 2 is 1.88 bits per heavy atom. The molecule has 4 aromatic heterocycles. The van der Waals surface area contributed by atoms with Crippen molar-refractivity contribution >= 4 is 28.4 Å². The summed E-state index contributed by atoms with van der Waals surface area (Å²) in [5.74, 6) is 0.0533. The van der Waals surface area contributed by atoms with E-state index in [4.69, 9.17) is 0 Å². The SMILES string of the molecule is CC[C@@H](C)C(=O)Nc1ncc(-c2ccnc(N3CCCC3)c2)n(Cc2cncc(-n3cc(C)c4cc(F)ccc43)c2)c1=O. The van der Waals surface area contributed by atoms with Gasteiger partial charge in [0.15, 0.2) is 5.82 Å². The second kappa shape index (κ2) is 11.8. The Bertz CT molecular complexity index is 1870. The molecule has 1 saturated heterocycles. The minimum Gasteiger partial charge on any atom is -0.357 e. The topological polar surface area (TPSA) is 97.9 Å². The highest BCUT2D eigenvalue weighted by Gasteiger charge is 2.20. The van der Waals surface area contributed by atoms with Gasteiger partial charge in [0.2, 0.25) is 5.91 Å². The van der Waals surface area contributed by atoms with Crippen LogP contribution in [0.2, 0.25) is 0 Å². The molecule has 1 atom stereocenters. The van der Waals surface area contributed by atoms with E-state index < -0.39 is 5.56 Å². The first-order chi connectivity index (χ1) is 20.8. The number of fused-ring (bicyclic) bond motifs is 1. The molecule has 0 radical (unpaired) electrons. The summed E-state index contributed by atoms with van der Waals surface area (Å²) in [6, 6.07) is 10.5. The van der Waals surface area contributed by atoms with Crippen LogP contribution in [0.5, 0.6) is 0 Å². The van der Waals surface area contributed by atoms with Crippen molar-refractivity contribution < 1.29 is 9.18 Å². The maximum atomic E-state index is 13.9. The van der Waals surface area contributed by atoms with Gasteiger partial charge in [-0.2, -0.15) is 0 Å². The van der Waals surface area contributed by atoms with E-state index in [1.54, 1.807) is 35.4 Å². The highest BCUT2D eigenvalue weighted by atomic mass is 19.1. The molecule has 1 aliphatic heterocycles. The van der Waals surface area contributed by atoms with Crippen molar-refractivity contribution in [1.29, 1.82) is 0 Å². The molecule has 1 amide bonds. The number of nitrogens with zero attached hydrogens (tertiary/aromatic N) is 6. The third-order valence-corrected chi connectivity index (χ3v) is 8.19. The van der Waals surface area contributed by atoms with Gasteiger partial charge in [0, 0.05) is 48.5 Å². The number of benzene rings is 1. The number of anilines is 2. The summed E-state index contributed by atoms with van der Waals surface area (Å²) < 4.78 is 17.5. The van der Waals surface area contributed by atoms with Gasteiger partial charge < -0.3 is 14.8 Å². The Kier molecular flexibility index (Phi) is 7.75. The number of nitrogens with one attached hydrogen (secondary N) is 1. The quantitative estimate of drug-likeness (QED) is 0.252. The highest BCUT2D eigenvalue weighted by molar-refractivity contribution is 5.91. The van der Waals surface area contributed by atoms with Gasteiger partial charge in [0.1, 0.15) is 11.6 Å². The van der Waals surface area contributed by atoms with Gasteiger partial charge in [-0.15, -0.1) is 0 Å². The molecule has 10 heteroatoms. The molecule has 43 heavy (non-hydrogen) atoms. The first-order valence-corrected chi connectivity index (χ1v) is 14.7. The molecule has 6 rings (SSSR count). The number of hydrogen-bond donors (Lipinski definition) is 1. The number of carbonyl (C=O) groups is 1. The molecular weight excluding hydrogens is 545 g/mol. The molecule has 5 heterocycles. The van der Waals surface area contributed by atoms with Gasteiger partial charge >= 0.3 is 0 Å². The predicted molar refractivity (Wildman–Crippen MR) is 166 cm³/mol. The van der Waals surface area contributed by atoms with E-state index in [0.717, 1.165) is 65.0 Å². The van der Waals surface area contributed by atoms with Crippen LogP contribution in [0.3, 0.4) is 0 Å². The normalized spacial score (nSPS) is 13.9. The number of amides is 1. The summed E-state index contributed by atoms with van der Waals surface area (Å²) in [6.07, 6.45) is 11.7. The van der Waals surface area contributed by atoms with Gasteiger partial charge in [-0.3, -0.25) is 19.1 Å². The zero-order valence-electron chi connectivity index (χ0n) is 24.5. The first kappa shape index (κ1) is 28.3. The number of carbonyl (C=O) groups excluding carboxylic acids is 1. The van der Waals surface area contributed by atoms with E-state index in [-0.39, 0.29) is 30.0 Å². The van der Waals surface area contributed by atoms with Crippen LogP contribution in [-0.4, -0.2) is 43.1 Å². The number of pyridine rings is 2. The van der Waals surface area contributed by atoms with Crippen LogP contribution < -0.4 is 15.8 Å². The third kappa shape index (κ3) is 5.64. The molecule has 1 N–H and O–H groups in total. The van der Waals surface area contributed by atoms with Crippen LogP contribution in [0, 0.1) is 18.7 Å². The maximum Gasteiger partial charge on any atom is 0.294 e. The molecule has 9 nitrogen and oxygen atoms in total. The van der Waals surface area contributed by atoms with Gasteiger partial charge in [-0.05, 0) is 73.7 Å². The van der Waals surface area contributed by atoms with Crippen molar-refractivity contribution in [2.75, 3.05) is 23.3 Å². The average Bonchev–Trinajstić information content (AvgIpc) is 3.67. The lowest BCUT2D eigenvalue weighted by Gasteiger charge is -2.19. The fourth-order valence-corrected chi connectivity index (χ4v) is 5.54. The van der Waals surface area contributed by atoms with Gasteiger partial charge in [0.05, 0.1) is 35.8 Å². The Labute approximate surface area is 249 Å². The van der Waals surface area contributed by atoms with Crippen molar-refractivity contribution in [3.05, 3.63) is 94.7 Å². The van der Waals surface area contributed by atoms with E-state index in [2.05, 4.69) is 25.2 Å². The summed E-state index contributed by atoms with van der Waals surface area (Å²) in [5.41, 5.74) is 4.38. The summed E-state index contributed by atoms with van der Waals surface area (Å²) >= 11 is 0. The van der Waals surface area contributed by atoms with Crippen LogP contribution in [0.4, 0.5) is 16.0 Å². The third-order valence-electron chi connectivity index (χ3n) is 8.19. The van der Waals surface area contributed by atoms with Crippen LogP contribution in [0.15, 0.2) is 72.2 Å². The number of rotatable bonds is 8. The second-order valence-corrected chi connectivity index (χ2v) is 11.2. The Morgan fingerprint density at radius 3 is 2.67 bits per heavy atom. The molecule has 0 bridgehead atoms. The van der Waals surface area contributed by atoms with Crippen LogP contribution >= 0.6 is 0 Å². The predicted octanol–water partition coefficient (Wildman–Crippen LogP) is 5.72. The van der Waals surface area contributed by atoms with E-state index in [0.29, 0.717) is 12.1 Å². The molecule has 1 aromatic carbocycles. The molecule has 5 aromatic rings. The van der Waals surface area contributed by atoms with Gasteiger partial charge in [0.25, 0.3) is 5.56 Å². The second-order valence-electron chi connectivity index (χ2n) is 11.2. The van der Waals surface area contributed by atoms with Crippen LogP contribution in [0.1, 0.15) is 44.2 Å². The first-order valence-electron chi connectivity index (χ1n) is 14.7. The fraction of sp³-hybridized carbons (Fsp3) is 0.303. The molecule has 220 valence electrons. The molecule has 1 fully saturated rings. The molecule has 0 aliphatic carbocycles. The minimum absolute atomic E-state index is 0.0129. The van der Waals surface area contributed by atoms with Crippen molar-refractivity contribution in [2.45, 2.75) is 46.6 Å². The van der Waals surface area contributed by atoms with Crippen molar-refractivity contribution in [2.24, 2.45) is 5.92 Å². The van der Waals surface area contributed by atoms with Gasteiger partial charge in [-0.1, -0.05) is 13.8 Å². The Hall–Kier alpha value is -4.86. The number of aryl methyl sites for hydroxylation is 1. The minimum atomic E-state index is -0.406. The van der Waals surface area contributed by atoms with Crippen LogP contribution in [-0.2, 0) is 11.3 Å². The number of halogens is 1. The summed E-state index contributed by atoms with van der Waals surface area (Å²) in [5, 5.41) is 3.56. The Morgan fingerprint density at radius 1 is 1.07 bits per heavy atom. The monoisotopic (exact) mass is 579 g/mol. The zero-order valence-corrected chi connectivity index (χ0v) is 24.5. The van der Waals surface area contributed by atoms with Crippen molar-refractivity contribution in [1.82, 2.24) is 24.1 Å². The molecule has 1 aliphatic rings. The lowest BCUT2D eigenvalue weighted by atomic mass is 10.1. The molecule has 0 unspecified atom stereocenters. The molecule has 0 spiro atoms. The highest BCUT2D eigenvalue weighted by Crippen LogP contribution is 2.27. The van der Waals surface area contributed by atoms with E-state index >= 15 is 0 Å².